The summed E-state index contributed by atoms with van der Waals surface area (Å²) in [5.74, 6) is -0.984. The minimum absolute atomic E-state index is 0.0502. The third kappa shape index (κ3) is 7.74. The predicted octanol–water partition coefficient (Wildman–Crippen LogP) is 8.03. The van der Waals surface area contributed by atoms with E-state index in [2.05, 4.69) is 10.6 Å². The molecule has 4 aromatic rings. The molecule has 0 radical (unpaired) electrons. The van der Waals surface area contributed by atoms with E-state index in [0.717, 1.165) is 4.90 Å². The molecule has 0 bridgehead atoms. The second-order valence-electron chi connectivity index (χ2n) is 8.19. The zero-order valence-corrected chi connectivity index (χ0v) is 23.4. The Morgan fingerprint density at radius 2 is 1.38 bits per heavy atom. The van der Waals surface area contributed by atoms with Gasteiger partial charge in [0.05, 0.1) is 10.8 Å². The van der Waals surface area contributed by atoms with Crippen molar-refractivity contribution in [1.29, 1.82) is 0 Å². The van der Waals surface area contributed by atoms with E-state index in [0.29, 0.717) is 37.4 Å². The number of nitrogens with one attached hydrogen (secondary N) is 2. The fourth-order valence-electron chi connectivity index (χ4n) is 3.51. The number of carbonyl (C=O) groups is 3. The molecule has 5 nitrogen and oxygen atoms in total. The van der Waals surface area contributed by atoms with Crippen molar-refractivity contribution in [3.63, 3.8) is 0 Å². The summed E-state index contributed by atoms with van der Waals surface area (Å²) in [6.07, 6.45) is 1.43. The van der Waals surface area contributed by atoms with Crippen molar-refractivity contribution in [2.45, 2.75) is 4.90 Å². The first-order chi connectivity index (χ1) is 18.8. The van der Waals surface area contributed by atoms with Gasteiger partial charge >= 0.3 is 0 Å². The normalized spacial score (nSPS) is 11.1. The average Bonchev–Trinajstić information content (AvgIpc) is 2.94. The number of benzene rings is 4. The summed E-state index contributed by atoms with van der Waals surface area (Å²) in [4.78, 5) is 39.6. The number of hydrogen-bond donors (Lipinski definition) is 2. The van der Waals surface area contributed by atoms with Crippen LogP contribution in [-0.4, -0.2) is 23.4 Å². The van der Waals surface area contributed by atoms with Gasteiger partial charge in [0.15, 0.2) is 5.78 Å². The van der Waals surface area contributed by atoms with Gasteiger partial charge in [-0.1, -0.05) is 77.3 Å². The summed E-state index contributed by atoms with van der Waals surface area (Å²) in [5.41, 5.74) is 1.65. The maximum absolute atomic E-state index is 13.4. The van der Waals surface area contributed by atoms with Crippen molar-refractivity contribution < 1.29 is 14.4 Å². The Balaban J connectivity index is 1.53. The highest BCUT2D eigenvalue weighted by molar-refractivity contribution is 8.00. The van der Waals surface area contributed by atoms with E-state index in [1.807, 2.05) is 6.07 Å². The maximum Gasteiger partial charge on any atom is 0.272 e. The molecule has 196 valence electrons. The number of hydrogen-bond acceptors (Lipinski definition) is 4. The highest BCUT2D eigenvalue weighted by Gasteiger charge is 2.17. The molecule has 0 aliphatic rings. The Kier molecular flexibility index (Phi) is 9.85. The van der Waals surface area contributed by atoms with Crippen LogP contribution in [0.15, 0.2) is 108 Å². The van der Waals surface area contributed by atoms with Gasteiger partial charge in [-0.15, -0.1) is 11.8 Å². The second kappa shape index (κ2) is 13.5. The molecular formula is C30H21Cl3N2O3S. The Morgan fingerprint density at radius 3 is 2.10 bits per heavy atom. The summed E-state index contributed by atoms with van der Waals surface area (Å²) in [7, 11) is 0. The van der Waals surface area contributed by atoms with Gasteiger partial charge in [0, 0.05) is 37.3 Å². The first-order valence-corrected chi connectivity index (χ1v) is 13.8. The molecular weight excluding hydrogens is 575 g/mol. The smallest absolute Gasteiger partial charge is 0.272 e. The number of ketones is 1. The molecule has 0 unspecified atom stereocenters. The van der Waals surface area contributed by atoms with Crippen LogP contribution in [0.1, 0.15) is 26.3 Å². The topological polar surface area (TPSA) is 75.3 Å². The third-order valence-electron chi connectivity index (χ3n) is 5.45. The van der Waals surface area contributed by atoms with Crippen LogP contribution in [0.5, 0.6) is 0 Å². The fraction of sp³-hybridized carbons (Fsp3) is 0.0333. The molecule has 0 aliphatic carbocycles. The van der Waals surface area contributed by atoms with Crippen LogP contribution < -0.4 is 10.6 Å². The molecule has 2 N–H and O–H groups in total. The van der Waals surface area contributed by atoms with E-state index in [4.69, 9.17) is 34.8 Å². The number of amides is 2. The molecule has 0 spiro atoms. The standard InChI is InChI=1S/C30H21Cl3N2O3S/c31-24-13-5-4-12-22(24)28(36)18-39-21-11-6-10-20(16-21)34-30(38)27(17-23-25(32)14-7-15-26(23)33)35-29(37)19-8-2-1-3-9-19/h1-17H,18H2,(H,34,38)(H,35,37)/b27-17-. The van der Waals surface area contributed by atoms with Crippen LogP contribution in [0.25, 0.3) is 6.08 Å². The summed E-state index contributed by atoms with van der Waals surface area (Å²) < 4.78 is 0. The molecule has 9 heteroatoms. The van der Waals surface area contributed by atoms with Crippen LogP contribution in [0, 0.1) is 0 Å². The van der Waals surface area contributed by atoms with Crippen molar-refractivity contribution in [3.8, 4) is 0 Å². The second-order valence-corrected chi connectivity index (χ2v) is 10.5. The lowest BCUT2D eigenvalue weighted by Gasteiger charge is -2.13. The zero-order chi connectivity index (χ0) is 27.8. The number of Topliss-reactive ketones (excluding diaryl/α,β-unsaturated/α-hetero) is 1. The largest absolute Gasteiger partial charge is 0.321 e. The van der Waals surface area contributed by atoms with E-state index in [-0.39, 0.29) is 17.2 Å². The van der Waals surface area contributed by atoms with E-state index in [9.17, 15) is 14.4 Å². The lowest BCUT2D eigenvalue weighted by Crippen LogP contribution is -2.30. The van der Waals surface area contributed by atoms with E-state index in [1.165, 1.54) is 17.8 Å². The van der Waals surface area contributed by atoms with Gasteiger partial charge in [-0.05, 0) is 60.7 Å². The molecule has 0 atom stereocenters. The summed E-state index contributed by atoms with van der Waals surface area (Å²) in [5, 5.41) is 6.51. The van der Waals surface area contributed by atoms with Crippen molar-refractivity contribution >= 4 is 75.9 Å². The van der Waals surface area contributed by atoms with Crippen LogP contribution in [0.4, 0.5) is 5.69 Å². The van der Waals surface area contributed by atoms with Crippen LogP contribution in [0.2, 0.25) is 15.1 Å². The molecule has 2 amide bonds. The monoisotopic (exact) mass is 594 g/mol. The minimum atomic E-state index is -0.579. The molecule has 0 fully saturated rings. The van der Waals surface area contributed by atoms with E-state index < -0.39 is 11.8 Å². The molecule has 4 rings (SSSR count). The molecule has 0 aliphatic heterocycles. The first-order valence-electron chi connectivity index (χ1n) is 11.7. The summed E-state index contributed by atoms with van der Waals surface area (Å²) in [6.45, 7) is 0. The highest BCUT2D eigenvalue weighted by atomic mass is 35.5. The van der Waals surface area contributed by atoms with Crippen LogP contribution >= 0.6 is 46.6 Å². The number of carbonyl (C=O) groups excluding carboxylic acids is 3. The van der Waals surface area contributed by atoms with Crippen LogP contribution in [-0.2, 0) is 4.79 Å². The number of rotatable bonds is 9. The Labute approximate surface area is 245 Å². The molecule has 0 aromatic heterocycles. The van der Waals surface area contributed by atoms with Gasteiger partial charge in [-0.2, -0.15) is 0 Å². The van der Waals surface area contributed by atoms with Crippen molar-refractivity contribution in [2.75, 3.05) is 11.1 Å². The van der Waals surface area contributed by atoms with Gasteiger partial charge in [-0.3, -0.25) is 14.4 Å². The van der Waals surface area contributed by atoms with Gasteiger partial charge in [0.25, 0.3) is 11.8 Å². The SMILES string of the molecule is O=C(Nc1cccc(SCC(=O)c2ccccc2Cl)c1)/C(=C/c1c(Cl)cccc1Cl)NC(=O)c1ccccc1. The lowest BCUT2D eigenvalue weighted by atomic mass is 10.1. The maximum atomic E-state index is 13.4. The van der Waals surface area contributed by atoms with Crippen molar-refractivity contribution in [3.05, 3.63) is 135 Å². The molecule has 0 heterocycles. The zero-order valence-electron chi connectivity index (χ0n) is 20.3. The quantitative estimate of drug-likeness (QED) is 0.117. The number of halogens is 3. The van der Waals surface area contributed by atoms with Gasteiger partial charge in [0.2, 0.25) is 0 Å². The highest BCUT2D eigenvalue weighted by Crippen LogP contribution is 2.28. The minimum Gasteiger partial charge on any atom is -0.321 e. The van der Waals surface area contributed by atoms with Gasteiger partial charge in [0.1, 0.15) is 5.70 Å². The molecule has 4 aromatic carbocycles. The summed E-state index contributed by atoms with van der Waals surface area (Å²) in [6, 6.07) is 27.4. The van der Waals surface area contributed by atoms with E-state index in [1.54, 1.807) is 91.0 Å². The van der Waals surface area contributed by atoms with E-state index >= 15 is 0 Å². The molecule has 0 saturated heterocycles. The van der Waals surface area contributed by atoms with Crippen molar-refractivity contribution in [1.82, 2.24) is 5.32 Å². The van der Waals surface area contributed by atoms with Gasteiger partial charge in [-0.25, -0.2) is 0 Å². The predicted molar refractivity (Wildman–Crippen MR) is 160 cm³/mol. The number of thioether (sulfide) groups is 1. The van der Waals surface area contributed by atoms with Crippen LogP contribution in [0.3, 0.4) is 0 Å². The molecule has 39 heavy (non-hydrogen) atoms. The lowest BCUT2D eigenvalue weighted by molar-refractivity contribution is -0.113. The average molecular weight is 596 g/mol. The first kappa shape index (κ1) is 28.5. The van der Waals surface area contributed by atoms with Gasteiger partial charge < -0.3 is 10.6 Å². The molecule has 0 saturated carbocycles. The third-order valence-corrected chi connectivity index (χ3v) is 7.44. The fourth-order valence-corrected chi connectivity index (χ4v) is 5.10. The Hall–Kier alpha value is -3.55. The Morgan fingerprint density at radius 1 is 0.744 bits per heavy atom. The Bertz CT molecular complexity index is 1540. The summed E-state index contributed by atoms with van der Waals surface area (Å²) >= 11 is 20.1. The number of anilines is 1. The van der Waals surface area contributed by atoms with Crippen molar-refractivity contribution in [2.24, 2.45) is 0 Å².